The summed E-state index contributed by atoms with van der Waals surface area (Å²) in [6.07, 6.45) is 0. The first-order chi connectivity index (χ1) is 4.20. The first-order valence-corrected chi connectivity index (χ1v) is 4.19. The van der Waals surface area contributed by atoms with E-state index < -0.39 is 0 Å². The normalized spacial score (nSPS) is 9.67. The minimum absolute atomic E-state index is 0.679. The van der Waals surface area contributed by atoms with Crippen molar-refractivity contribution in [3.8, 4) is 0 Å². The van der Waals surface area contributed by atoms with Crippen LogP contribution in [0.1, 0.15) is 0 Å². The Balaban J connectivity index is 3.17. The molecule has 0 N–H and O–H groups in total. The van der Waals surface area contributed by atoms with Crippen LogP contribution in [-0.4, -0.2) is 0 Å². The molecule has 0 aliphatic carbocycles. The summed E-state index contributed by atoms with van der Waals surface area (Å²) in [6, 6.07) is 6.58. The van der Waals surface area contributed by atoms with Gasteiger partial charge in [-0.1, -0.05) is 27.5 Å². The lowest BCUT2D eigenvalue weighted by Crippen LogP contribution is -1.68. The number of rotatable bonds is 0. The van der Waals surface area contributed by atoms with E-state index >= 15 is 0 Å². The van der Waals surface area contributed by atoms with Gasteiger partial charge in [0.1, 0.15) is 0 Å². The molecule has 0 spiro atoms. The maximum absolute atomic E-state index is 5.68. The standard InChI is InChI=1S/C6H2Br2Cl/c7-4-1-2-6(9)5(8)3-4/h1-2H. The average molecular weight is 269 g/mol. The van der Waals surface area contributed by atoms with Gasteiger partial charge >= 0.3 is 0 Å². The molecule has 47 valence electrons. The molecule has 0 amide bonds. The second-order valence-corrected chi connectivity index (χ2v) is 3.52. The maximum Gasteiger partial charge on any atom is 0.0555 e. The van der Waals surface area contributed by atoms with Crippen LogP contribution in [0.2, 0.25) is 5.02 Å². The average Bonchev–Trinajstić information content (AvgIpc) is 1.80. The fourth-order valence-corrected chi connectivity index (χ4v) is 1.48. The second-order valence-electron chi connectivity index (χ2n) is 1.47. The number of hydrogen-bond acceptors (Lipinski definition) is 0. The Morgan fingerprint density at radius 2 is 2.00 bits per heavy atom. The van der Waals surface area contributed by atoms with E-state index in [2.05, 4.69) is 37.9 Å². The summed E-state index contributed by atoms with van der Waals surface area (Å²) in [6.45, 7) is 0. The van der Waals surface area contributed by atoms with Crippen LogP contribution >= 0.6 is 43.5 Å². The third kappa shape index (κ3) is 1.95. The van der Waals surface area contributed by atoms with Gasteiger partial charge in [0.05, 0.1) is 5.02 Å². The molecule has 1 aromatic carbocycles. The molecule has 1 radical (unpaired) electrons. The van der Waals surface area contributed by atoms with Gasteiger partial charge in [-0.2, -0.15) is 0 Å². The first kappa shape index (κ1) is 7.58. The fourth-order valence-electron chi connectivity index (χ4n) is 0.426. The van der Waals surface area contributed by atoms with Gasteiger partial charge in [0.2, 0.25) is 0 Å². The molecule has 3 heteroatoms. The fraction of sp³-hybridized carbons (Fsp3) is 0. The summed E-state index contributed by atoms with van der Waals surface area (Å²) in [5.74, 6) is 0. The van der Waals surface area contributed by atoms with Crippen LogP contribution in [-0.2, 0) is 0 Å². The molecule has 0 saturated heterocycles. The van der Waals surface area contributed by atoms with Crippen LogP contribution < -0.4 is 0 Å². The van der Waals surface area contributed by atoms with E-state index in [0.29, 0.717) is 5.02 Å². The smallest absolute Gasteiger partial charge is 0.0555 e. The zero-order valence-electron chi connectivity index (χ0n) is 4.29. The van der Waals surface area contributed by atoms with Crippen LogP contribution in [0.15, 0.2) is 21.1 Å². The molecule has 0 aliphatic heterocycles. The van der Waals surface area contributed by atoms with Gasteiger partial charge in [0, 0.05) is 15.0 Å². The molecule has 0 fully saturated rings. The third-order valence-corrected chi connectivity index (χ3v) is 2.45. The molecule has 0 unspecified atom stereocenters. The van der Waals surface area contributed by atoms with Crippen LogP contribution in [0, 0.1) is 6.07 Å². The predicted octanol–water partition coefficient (Wildman–Crippen LogP) is 3.67. The van der Waals surface area contributed by atoms with E-state index in [0.717, 1.165) is 8.95 Å². The van der Waals surface area contributed by atoms with Crippen molar-refractivity contribution < 1.29 is 0 Å². The molecule has 0 bridgehead atoms. The van der Waals surface area contributed by atoms with Gasteiger partial charge in [-0.15, -0.1) is 0 Å². The summed E-state index contributed by atoms with van der Waals surface area (Å²) >= 11 is 12.2. The predicted molar refractivity (Wildman–Crippen MR) is 45.7 cm³/mol. The minimum Gasteiger partial charge on any atom is -0.0831 e. The molecule has 0 heterocycles. The Bertz CT molecular complexity index is 222. The first-order valence-electron chi connectivity index (χ1n) is 2.23. The van der Waals surface area contributed by atoms with E-state index in [4.69, 9.17) is 11.6 Å². The van der Waals surface area contributed by atoms with Crippen molar-refractivity contribution in [1.29, 1.82) is 0 Å². The number of halogens is 3. The molecule has 9 heavy (non-hydrogen) atoms. The zero-order valence-corrected chi connectivity index (χ0v) is 8.22. The second kappa shape index (κ2) is 3.04. The van der Waals surface area contributed by atoms with E-state index in [1.807, 2.05) is 6.07 Å². The van der Waals surface area contributed by atoms with Crippen molar-refractivity contribution in [3.05, 3.63) is 32.2 Å². The van der Waals surface area contributed by atoms with Gasteiger partial charge in [-0.3, -0.25) is 0 Å². The van der Waals surface area contributed by atoms with E-state index in [9.17, 15) is 0 Å². The highest BCUT2D eigenvalue weighted by molar-refractivity contribution is 9.11. The summed E-state index contributed by atoms with van der Waals surface area (Å²) in [4.78, 5) is 0. The summed E-state index contributed by atoms with van der Waals surface area (Å²) in [5, 5.41) is 0.679. The Hall–Kier alpha value is 0.470. The van der Waals surface area contributed by atoms with E-state index in [1.54, 1.807) is 6.07 Å². The summed E-state index contributed by atoms with van der Waals surface area (Å²) in [7, 11) is 0. The molecule has 0 nitrogen and oxygen atoms in total. The Labute approximate surface area is 75.5 Å². The van der Waals surface area contributed by atoms with Crippen molar-refractivity contribution in [1.82, 2.24) is 0 Å². The molecule has 0 saturated carbocycles. The third-order valence-electron chi connectivity index (χ3n) is 0.815. The molecule has 1 aromatic rings. The van der Waals surface area contributed by atoms with Crippen LogP contribution in [0.25, 0.3) is 0 Å². The summed E-state index contributed by atoms with van der Waals surface area (Å²) in [5.41, 5.74) is 0. The topological polar surface area (TPSA) is 0 Å². The molecular formula is C6H2Br2Cl. The van der Waals surface area contributed by atoms with Gasteiger partial charge in [0.15, 0.2) is 0 Å². The Morgan fingerprint density at radius 1 is 1.33 bits per heavy atom. The lowest BCUT2D eigenvalue weighted by atomic mass is 10.4. The number of hydrogen-bond donors (Lipinski definition) is 0. The van der Waals surface area contributed by atoms with Gasteiger partial charge < -0.3 is 0 Å². The lowest BCUT2D eigenvalue weighted by Gasteiger charge is -1.92. The van der Waals surface area contributed by atoms with Gasteiger partial charge in [-0.25, -0.2) is 0 Å². The summed E-state index contributed by atoms with van der Waals surface area (Å²) < 4.78 is 1.69. The highest BCUT2D eigenvalue weighted by Gasteiger charge is 1.95. The lowest BCUT2D eigenvalue weighted by molar-refractivity contribution is 1.58. The maximum atomic E-state index is 5.68. The van der Waals surface area contributed by atoms with Crippen LogP contribution in [0.4, 0.5) is 0 Å². The quantitative estimate of drug-likeness (QED) is 0.630. The Kier molecular flexibility index (Phi) is 2.56. The van der Waals surface area contributed by atoms with Crippen LogP contribution in [0.3, 0.4) is 0 Å². The highest BCUT2D eigenvalue weighted by Crippen LogP contribution is 2.24. The SMILES string of the molecule is Clc1ccc(Br)[c]c1Br. The molecular weight excluding hydrogens is 267 g/mol. The molecule has 0 aliphatic rings. The number of benzene rings is 1. The highest BCUT2D eigenvalue weighted by atomic mass is 79.9. The van der Waals surface area contributed by atoms with Crippen LogP contribution in [0.5, 0.6) is 0 Å². The minimum atomic E-state index is 0.679. The van der Waals surface area contributed by atoms with Crippen molar-refractivity contribution in [3.63, 3.8) is 0 Å². The molecule has 0 aromatic heterocycles. The largest absolute Gasteiger partial charge is 0.0831 e. The molecule has 0 atom stereocenters. The monoisotopic (exact) mass is 267 g/mol. The van der Waals surface area contributed by atoms with Gasteiger partial charge in [-0.05, 0) is 28.1 Å². The van der Waals surface area contributed by atoms with Crippen molar-refractivity contribution in [2.75, 3.05) is 0 Å². The van der Waals surface area contributed by atoms with E-state index in [-0.39, 0.29) is 0 Å². The van der Waals surface area contributed by atoms with Gasteiger partial charge in [0.25, 0.3) is 0 Å². The van der Waals surface area contributed by atoms with Crippen molar-refractivity contribution in [2.24, 2.45) is 0 Å². The molecule has 1 rings (SSSR count). The van der Waals surface area contributed by atoms with E-state index in [1.165, 1.54) is 0 Å². The van der Waals surface area contributed by atoms with Crippen molar-refractivity contribution >= 4 is 43.5 Å². The zero-order chi connectivity index (χ0) is 6.85. The Morgan fingerprint density at radius 3 is 2.44 bits per heavy atom. The van der Waals surface area contributed by atoms with Crippen molar-refractivity contribution in [2.45, 2.75) is 0 Å².